The first-order valence-corrected chi connectivity index (χ1v) is 6.31. The van der Waals surface area contributed by atoms with Crippen LogP contribution in [0.1, 0.15) is 15.9 Å². The summed E-state index contributed by atoms with van der Waals surface area (Å²) in [5.41, 5.74) is 4.21. The topological polar surface area (TPSA) is 43.6 Å². The highest BCUT2D eigenvalue weighted by molar-refractivity contribution is 5.77. The van der Waals surface area contributed by atoms with Crippen molar-refractivity contribution in [2.24, 2.45) is 0 Å². The number of aromatic nitrogens is 2. The minimum absolute atomic E-state index is 0.638. The minimum Gasteiger partial charge on any atom is -0.496 e. The normalized spacial score (nSPS) is 10.7. The van der Waals surface area contributed by atoms with E-state index in [4.69, 9.17) is 4.74 Å². The molecule has 100 valence electrons. The Labute approximate surface area is 116 Å². The molecule has 0 fully saturated rings. The van der Waals surface area contributed by atoms with Crippen LogP contribution in [0.2, 0.25) is 0 Å². The lowest BCUT2D eigenvalue weighted by Crippen LogP contribution is -1.91. The Morgan fingerprint density at radius 1 is 1.25 bits per heavy atom. The van der Waals surface area contributed by atoms with Crippen molar-refractivity contribution < 1.29 is 9.53 Å². The molecule has 2 aromatic heterocycles. The lowest BCUT2D eigenvalue weighted by Gasteiger charge is -2.04. The number of para-hydroxylation sites is 1. The van der Waals surface area contributed by atoms with Gasteiger partial charge in [0.1, 0.15) is 11.4 Å². The second kappa shape index (κ2) is 4.81. The molecule has 3 rings (SSSR count). The van der Waals surface area contributed by atoms with Crippen LogP contribution >= 0.6 is 0 Å². The second-order valence-electron chi connectivity index (χ2n) is 4.63. The highest BCUT2D eigenvalue weighted by Crippen LogP contribution is 2.29. The van der Waals surface area contributed by atoms with Crippen molar-refractivity contribution in [2.45, 2.75) is 6.92 Å². The van der Waals surface area contributed by atoms with Crippen LogP contribution in [0, 0.1) is 6.92 Å². The van der Waals surface area contributed by atoms with E-state index in [-0.39, 0.29) is 0 Å². The van der Waals surface area contributed by atoms with Gasteiger partial charge in [0.05, 0.1) is 12.8 Å². The van der Waals surface area contributed by atoms with Gasteiger partial charge in [-0.25, -0.2) is 4.98 Å². The molecular formula is C16H14N2O2. The summed E-state index contributed by atoms with van der Waals surface area (Å²) in [7, 11) is 1.64. The molecule has 3 aromatic rings. The van der Waals surface area contributed by atoms with Crippen molar-refractivity contribution in [3.63, 3.8) is 0 Å². The average molecular weight is 266 g/mol. The van der Waals surface area contributed by atoms with E-state index in [0.29, 0.717) is 5.56 Å². The Morgan fingerprint density at radius 3 is 2.80 bits per heavy atom. The third kappa shape index (κ3) is 1.95. The van der Waals surface area contributed by atoms with E-state index < -0.39 is 0 Å². The van der Waals surface area contributed by atoms with E-state index in [1.165, 1.54) is 0 Å². The Hall–Kier alpha value is -2.62. The molecule has 0 saturated carbocycles. The van der Waals surface area contributed by atoms with Crippen molar-refractivity contribution in [3.05, 3.63) is 53.9 Å². The molecule has 0 bridgehead atoms. The van der Waals surface area contributed by atoms with Crippen molar-refractivity contribution in [1.82, 2.24) is 9.38 Å². The Bertz CT molecular complexity index is 790. The molecule has 0 spiro atoms. The lowest BCUT2D eigenvalue weighted by molar-refractivity contribution is 0.112. The molecule has 0 saturated heterocycles. The zero-order chi connectivity index (χ0) is 14.1. The van der Waals surface area contributed by atoms with Gasteiger partial charge in [0, 0.05) is 23.5 Å². The van der Waals surface area contributed by atoms with Gasteiger partial charge in [0.25, 0.3) is 0 Å². The van der Waals surface area contributed by atoms with Crippen LogP contribution in [-0.4, -0.2) is 22.8 Å². The molecule has 0 N–H and O–H groups in total. The first-order chi connectivity index (χ1) is 9.72. The van der Waals surface area contributed by atoms with E-state index in [0.717, 1.165) is 34.5 Å². The number of imidazole rings is 1. The van der Waals surface area contributed by atoms with Gasteiger partial charge in [-0.15, -0.1) is 0 Å². The number of carbonyl (C=O) groups is 1. The number of hydrogen-bond donors (Lipinski definition) is 0. The molecule has 1 aromatic carbocycles. The molecule has 0 aliphatic rings. The SMILES string of the molecule is COc1ccccc1-c1cn2cc(C=O)cc(C)c2n1. The van der Waals surface area contributed by atoms with Crippen LogP contribution < -0.4 is 4.74 Å². The summed E-state index contributed by atoms with van der Waals surface area (Å²) >= 11 is 0. The fourth-order valence-corrected chi connectivity index (χ4v) is 2.35. The number of benzene rings is 1. The number of nitrogens with zero attached hydrogens (tertiary/aromatic N) is 2. The monoisotopic (exact) mass is 266 g/mol. The third-order valence-electron chi connectivity index (χ3n) is 3.28. The fourth-order valence-electron chi connectivity index (χ4n) is 2.35. The van der Waals surface area contributed by atoms with Crippen molar-refractivity contribution in [1.29, 1.82) is 0 Å². The maximum Gasteiger partial charge on any atom is 0.151 e. The molecular weight excluding hydrogens is 252 g/mol. The zero-order valence-corrected chi connectivity index (χ0v) is 11.3. The molecule has 4 nitrogen and oxygen atoms in total. The fraction of sp³-hybridized carbons (Fsp3) is 0.125. The summed E-state index contributed by atoms with van der Waals surface area (Å²) in [6.07, 6.45) is 4.53. The first kappa shape index (κ1) is 12.4. The predicted octanol–water partition coefficient (Wildman–Crippen LogP) is 3.13. The van der Waals surface area contributed by atoms with E-state index in [9.17, 15) is 4.79 Å². The summed E-state index contributed by atoms with van der Waals surface area (Å²) in [6.45, 7) is 1.95. The first-order valence-electron chi connectivity index (χ1n) is 6.31. The average Bonchev–Trinajstić information content (AvgIpc) is 2.91. The van der Waals surface area contributed by atoms with Gasteiger partial charge >= 0.3 is 0 Å². The number of pyridine rings is 1. The van der Waals surface area contributed by atoms with E-state index >= 15 is 0 Å². The molecule has 20 heavy (non-hydrogen) atoms. The number of methoxy groups -OCH3 is 1. The Morgan fingerprint density at radius 2 is 2.05 bits per heavy atom. The molecule has 4 heteroatoms. The van der Waals surface area contributed by atoms with E-state index in [2.05, 4.69) is 4.98 Å². The van der Waals surface area contributed by atoms with Gasteiger partial charge in [-0.05, 0) is 30.7 Å². The van der Waals surface area contributed by atoms with E-state index in [1.54, 1.807) is 13.3 Å². The molecule has 2 heterocycles. The lowest BCUT2D eigenvalue weighted by atomic mass is 10.1. The van der Waals surface area contributed by atoms with Gasteiger partial charge < -0.3 is 9.14 Å². The largest absolute Gasteiger partial charge is 0.496 e. The summed E-state index contributed by atoms with van der Waals surface area (Å²) in [5, 5.41) is 0. The molecule has 0 atom stereocenters. The maximum absolute atomic E-state index is 10.9. The number of ether oxygens (including phenoxy) is 1. The zero-order valence-electron chi connectivity index (χ0n) is 11.3. The van der Waals surface area contributed by atoms with Gasteiger partial charge in [0.15, 0.2) is 6.29 Å². The maximum atomic E-state index is 10.9. The summed E-state index contributed by atoms with van der Waals surface area (Å²) in [4.78, 5) is 15.6. The number of hydrogen-bond acceptors (Lipinski definition) is 3. The predicted molar refractivity (Wildman–Crippen MR) is 77.3 cm³/mol. The van der Waals surface area contributed by atoms with Crippen LogP contribution in [0.25, 0.3) is 16.9 Å². The highest BCUT2D eigenvalue weighted by atomic mass is 16.5. The summed E-state index contributed by atoms with van der Waals surface area (Å²) in [5.74, 6) is 0.782. The van der Waals surface area contributed by atoms with Crippen LogP contribution in [-0.2, 0) is 0 Å². The van der Waals surface area contributed by atoms with Crippen LogP contribution in [0.15, 0.2) is 42.7 Å². The number of carbonyl (C=O) groups excluding carboxylic acids is 1. The standard InChI is InChI=1S/C16H14N2O2/c1-11-7-12(10-19)8-18-9-14(17-16(11)18)13-5-3-4-6-15(13)20-2/h3-10H,1-2H3. The van der Waals surface area contributed by atoms with Crippen LogP contribution in [0.4, 0.5) is 0 Å². The van der Waals surface area contributed by atoms with E-state index in [1.807, 2.05) is 47.9 Å². The summed E-state index contributed by atoms with van der Waals surface area (Å²) in [6, 6.07) is 9.58. The molecule has 0 radical (unpaired) electrons. The summed E-state index contributed by atoms with van der Waals surface area (Å²) < 4.78 is 7.24. The molecule has 0 aliphatic heterocycles. The van der Waals surface area contributed by atoms with Crippen molar-refractivity contribution in [3.8, 4) is 17.0 Å². The Balaban J connectivity index is 2.23. The van der Waals surface area contributed by atoms with Crippen LogP contribution in [0.3, 0.4) is 0 Å². The molecule has 0 unspecified atom stereocenters. The quantitative estimate of drug-likeness (QED) is 0.684. The van der Waals surface area contributed by atoms with Gasteiger partial charge in [-0.3, -0.25) is 4.79 Å². The van der Waals surface area contributed by atoms with Gasteiger partial charge in [-0.2, -0.15) is 0 Å². The van der Waals surface area contributed by atoms with Crippen molar-refractivity contribution in [2.75, 3.05) is 7.11 Å². The number of fused-ring (bicyclic) bond motifs is 1. The molecule has 0 amide bonds. The number of rotatable bonds is 3. The van der Waals surface area contributed by atoms with Crippen LogP contribution in [0.5, 0.6) is 5.75 Å². The number of aryl methyl sites for hydroxylation is 1. The molecule has 0 aliphatic carbocycles. The number of aldehydes is 1. The Kier molecular flexibility index (Phi) is 2.99. The third-order valence-corrected chi connectivity index (χ3v) is 3.28. The minimum atomic E-state index is 0.638. The second-order valence-corrected chi connectivity index (χ2v) is 4.63. The van der Waals surface area contributed by atoms with Crippen molar-refractivity contribution >= 4 is 11.9 Å². The van der Waals surface area contributed by atoms with Gasteiger partial charge in [0.2, 0.25) is 0 Å². The van der Waals surface area contributed by atoms with Gasteiger partial charge in [-0.1, -0.05) is 12.1 Å². The highest BCUT2D eigenvalue weighted by Gasteiger charge is 2.11. The smallest absolute Gasteiger partial charge is 0.151 e.